The van der Waals surface area contributed by atoms with Crippen LogP contribution in [0.15, 0.2) is 18.2 Å². The van der Waals surface area contributed by atoms with Crippen molar-refractivity contribution in [2.75, 3.05) is 13.1 Å². The van der Waals surface area contributed by atoms with Gasteiger partial charge >= 0.3 is 0 Å². The average Bonchev–Trinajstić information content (AvgIpc) is 2.82. The van der Waals surface area contributed by atoms with Crippen molar-refractivity contribution in [1.82, 2.24) is 15.4 Å². The smallest absolute Gasteiger partial charge is 0.251 e. The number of rotatable bonds is 4. The maximum atomic E-state index is 12.1. The number of carbonyl (C=O) groups excluding carboxylic acids is 2. The van der Waals surface area contributed by atoms with Crippen molar-refractivity contribution in [2.24, 2.45) is 0 Å². The first kappa shape index (κ1) is 13.6. The highest BCUT2D eigenvalue weighted by Crippen LogP contribution is 2.25. The van der Waals surface area contributed by atoms with Crippen LogP contribution in [0.4, 0.5) is 0 Å². The minimum atomic E-state index is -0.127. The molecule has 98 valence electrons. The number of hydrogen-bond acceptors (Lipinski definition) is 3. The van der Waals surface area contributed by atoms with E-state index in [0.717, 1.165) is 11.1 Å². The van der Waals surface area contributed by atoms with Crippen molar-refractivity contribution in [1.29, 1.82) is 0 Å². The fourth-order valence-corrected chi connectivity index (χ4v) is 2.20. The third kappa shape index (κ3) is 2.96. The van der Waals surface area contributed by atoms with E-state index >= 15 is 0 Å². The first-order chi connectivity index (χ1) is 9.13. The highest BCUT2D eigenvalue weighted by Gasteiger charge is 2.25. The molecule has 1 heterocycles. The van der Waals surface area contributed by atoms with E-state index in [1.54, 1.807) is 17.9 Å². The molecule has 2 N–H and O–H groups in total. The van der Waals surface area contributed by atoms with Crippen molar-refractivity contribution in [3.63, 3.8) is 0 Å². The third-order valence-electron chi connectivity index (χ3n) is 3.23. The summed E-state index contributed by atoms with van der Waals surface area (Å²) in [5.41, 5.74) is 2.62. The molecular weight excluding hydrogens is 241 g/mol. The van der Waals surface area contributed by atoms with Crippen LogP contribution in [-0.4, -0.2) is 37.8 Å². The Balaban J connectivity index is 2.14. The number of benzene rings is 1. The molecule has 0 fully saturated rings. The molecule has 2 rings (SSSR count). The summed E-state index contributed by atoms with van der Waals surface area (Å²) in [6.45, 7) is 3.61. The van der Waals surface area contributed by atoms with Gasteiger partial charge < -0.3 is 15.4 Å². The molecule has 0 bridgehead atoms. The standard InChI is InChI=1S/C13H16BN3O2/c1-9(18)17-7-10-3-2-4-11(12(10)8-17)13(19)15-5-6-16-14/h2-4,16H,5-8H2,1H3,(H,15,19). The van der Waals surface area contributed by atoms with Crippen molar-refractivity contribution >= 4 is 19.8 Å². The van der Waals surface area contributed by atoms with Crippen LogP contribution in [-0.2, 0) is 17.9 Å². The first-order valence-corrected chi connectivity index (χ1v) is 6.21. The molecule has 0 spiro atoms. The Morgan fingerprint density at radius 1 is 1.32 bits per heavy atom. The molecule has 5 nitrogen and oxygen atoms in total. The summed E-state index contributed by atoms with van der Waals surface area (Å²) < 4.78 is 0. The van der Waals surface area contributed by atoms with Gasteiger partial charge in [0.15, 0.2) is 7.98 Å². The summed E-state index contributed by atoms with van der Waals surface area (Å²) in [7, 11) is 5.15. The molecule has 1 aromatic rings. The minimum Gasteiger partial charge on any atom is -0.365 e. The van der Waals surface area contributed by atoms with Crippen LogP contribution in [0.5, 0.6) is 0 Å². The topological polar surface area (TPSA) is 61.4 Å². The predicted molar refractivity (Wildman–Crippen MR) is 72.5 cm³/mol. The van der Waals surface area contributed by atoms with Crippen molar-refractivity contribution < 1.29 is 9.59 Å². The second-order valence-electron chi connectivity index (χ2n) is 4.53. The Morgan fingerprint density at radius 2 is 2.11 bits per heavy atom. The quantitative estimate of drug-likeness (QED) is 0.587. The zero-order valence-electron chi connectivity index (χ0n) is 10.9. The Labute approximate surface area is 113 Å². The lowest BCUT2D eigenvalue weighted by Gasteiger charge is -2.12. The van der Waals surface area contributed by atoms with Gasteiger partial charge in [0.05, 0.1) is 0 Å². The molecular formula is C13H16BN3O2. The lowest BCUT2D eigenvalue weighted by molar-refractivity contribution is -0.129. The van der Waals surface area contributed by atoms with E-state index in [2.05, 4.69) is 10.5 Å². The van der Waals surface area contributed by atoms with Gasteiger partial charge in [-0.3, -0.25) is 9.59 Å². The molecule has 0 unspecified atom stereocenters. The van der Waals surface area contributed by atoms with E-state index in [1.807, 2.05) is 12.1 Å². The van der Waals surface area contributed by atoms with Crippen LogP contribution in [0.2, 0.25) is 0 Å². The van der Waals surface area contributed by atoms with Crippen LogP contribution >= 0.6 is 0 Å². The van der Waals surface area contributed by atoms with Gasteiger partial charge in [-0.2, -0.15) is 0 Å². The molecule has 0 aromatic heterocycles. The largest absolute Gasteiger partial charge is 0.365 e. The Bertz CT molecular complexity index is 505. The summed E-state index contributed by atoms with van der Waals surface area (Å²) in [5, 5.41) is 5.27. The summed E-state index contributed by atoms with van der Waals surface area (Å²) in [6.07, 6.45) is 0. The van der Waals surface area contributed by atoms with Gasteiger partial charge in [-0.1, -0.05) is 12.1 Å². The normalized spacial score (nSPS) is 13.2. The monoisotopic (exact) mass is 257 g/mol. The van der Waals surface area contributed by atoms with Crippen molar-refractivity contribution in [2.45, 2.75) is 20.0 Å². The predicted octanol–water partition coefficient (Wildman–Crippen LogP) is -0.0484. The number of fused-ring (bicyclic) bond motifs is 1. The van der Waals surface area contributed by atoms with Crippen LogP contribution in [0.25, 0.3) is 0 Å². The molecule has 0 saturated carbocycles. The van der Waals surface area contributed by atoms with Crippen LogP contribution in [0.3, 0.4) is 0 Å². The van der Waals surface area contributed by atoms with E-state index in [4.69, 9.17) is 7.98 Å². The number of nitrogens with zero attached hydrogens (tertiary/aromatic N) is 1. The van der Waals surface area contributed by atoms with Crippen LogP contribution in [0, 0.1) is 0 Å². The summed E-state index contributed by atoms with van der Waals surface area (Å²) in [4.78, 5) is 25.2. The van der Waals surface area contributed by atoms with Gasteiger partial charge in [-0.25, -0.2) is 0 Å². The fourth-order valence-electron chi connectivity index (χ4n) is 2.20. The van der Waals surface area contributed by atoms with E-state index in [1.165, 1.54) is 0 Å². The molecule has 6 heteroatoms. The van der Waals surface area contributed by atoms with E-state index in [9.17, 15) is 9.59 Å². The van der Waals surface area contributed by atoms with Gasteiger partial charge in [-0.15, -0.1) is 0 Å². The molecule has 1 aliphatic heterocycles. The molecule has 19 heavy (non-hydrogen) atoms. The van der Waals surface area contributed by atoms with Crippen LogP contribution < -0.4 is 10.5 Å². The Morgan fingerprint density at radius 3 is 2.79 bits per heavy atom. The molecule has 2 amide bonds. The minimum absolute atomic E-state index is 0.0230. The van der Waals surface area contributed by atoms with Gasteiger partial charge in [0, 0.05) is 38.7 Å². The molecule has 2 radical (unpaired) electrons. The van der Waals surface area contributed by atoms with E-state index in [0.29, 0.717) is 31.7 Å². The first-order valence-electron chi connectivity index (χ1n) is 6.21. The third-order valence-corrected chi connectivity index (χ3v) is 3.23. The summed E-state index contributed by atoms with van der Waals surface area (Å²) in [5.74, 6) is -0.104. The van der Waals surface area contributed by atoms with Gasteiger partial charge in [-0.05, 0) is 17.2 Å². The van der Waals surface area contributed by atoms with E-state index < -0.39 is 0 Å². The van der Waals surface area contributed by atoms with Gasteiger partial charge in [0.2, 0.25) is 5.91 Å². The summed E-state index contributed by atoms with van der Waals surface area (Å²) in [6, 6.07) is 5.59. The molecule has 1 aromatic carbocycles. The molecule has 0 saturated heterocycles. The number of carbonyl (C=O) groups is 2. The zero-order chi connectivity index (χ0) is 13.8. The number of hydrogen-bond donors (Lipinski definition) is 2. The Hall–Kier alpha value is -1.82. The fraction of sp³-hybridized carbons (Fsp3) is 0.385. The van der Waals surface area contributed by atoms with Crippen molar-refractivity contribution in [3.05, 3.63) is 34.9 Å². The zero-order valence-corrected chi connectivity index (χ0v) is 10.9. The molecule has 0 aliphatic carbocycles. The highest BCUT2D eigenvalue weighted by atomic mass is 16.2. The lowest BCUT2D eigenvalue weighted by atomic mass is 10.0. The SMILES string of the molecule is [B]NCCNC(=O)c1cccc2c1CN(C(C)=O)C2. The maximum Gasteiger partial charge on any atom is 0.251 e. The summed E-state index contributed by atoms with van der Waals surface area (Å²) >= 11 is 0. The van der Waals surface area contributed by atoms with E-state index in [-0.39, 0.29) is 11.8 Å². The van der Waals surface area contributed by atoms with Gasteiger partial charge in [0.1, 0.15) is 0 Å². The second kappa shape index (κ2) is 5.88. The van der Waals surface area contributed by atoms with Crippen molar-refractivity contribution in [3.8, 4) is 0 Å². The second-order valence-corrected chi connectivity index (χ2v) is 4.53. The lowest BCUT2D eigenvalue weighted by Crippen LogP contribution is -2.31. The molecule has 1 aliphatic rings. The number of nitrogens with one attached hydrogen (secondary N) is 2. The average molecular weight is 257 g/mol. The Kier molecular flexibility index (Phi) is 4.22. The van der Waals surface area contributed by atoms with Gasteiger partial charge in [0.25, 0.3) is 5.91 Å². The maximum absolute atomic E-state index is 12.1. The van der Waals surface area contributed by atoms with Crippen LogP contribution in [0.1, 0.15) is 28.4 Å². The highest BCUT2D eigenvalue weighted by molar-refractivity contribution is 6.04. The molecule has 0 atom stereocenters. The number of amides is 2.